The maximum absolute atomic E-state index is 5.20. The number of rotatable bonds is 3. The number of alkyl halides is 2. The minimum Gasteiger partial charge on any atom is -0.355 e. The molecule has 1 heterocycles. The van der Waals surface area contributed by atoms with Gasteiger partial charge >= 0.3 is 0 Å². The van der Waals surface area contributed by atoms with Crippen LogP contribution in [0.1, 0.15) is 0 Å². The number of ether oxygens (including phenoxy) is 2. The van der Waals surface area contributed by atoms with Gasteiger partial charge in [-0.2, -0.15) is 0 Å². The average molecular weight is 274 g/mol. The molecule has 1 aliphatic rings. The molecule has 0 bridgehead atoms. The molecule has 0 spiro atoms. The summed E-state index contributed by atoms with van der Waals surface area (Å²) in [6.45, 7) is 0.780. The van der Waals surface area contributed by atoms with Gasteiger partial charge in [0.15, 0.2) is 6.29 Å². The van der Waals surface area contributed by atoms with Crippen molar-refractivity contribution < 1.29 is 9.47 Å². The average Bonchev–Trinajstić information content (AvgIpc) is 1.90. The Balaban J connectivity index is 2.48. The zero-order chi connectivity index (χ0) is 7.61. The third kappa shape index (κ3) is 1.26. The molecule has 0 N–H and O–H groups in total. The Morgan fingerprint density at radius 1 is 1.60 bits per heavy atom. The predicted octanol–water partition coefficient (Wildman–Crippen LogP) is 1.77. The molecule has 4 heteroatoms. The quantitative estimate of drug-likeness (QED) is 0.730. The standard InChI is InChI=1S/C6H10Br2O2/c1-9-5-6(2-7,3-8)4-10-5/h5H,2-4H2,1H3. The number of methoxy groups -OCH3 is 1. The molecule has 60 valence electrons. The van der Waals surface area contributed by atoms with E-state index in [-0.39, 0.29) is 11.7 Å². The highest BCUT2D eigenvalue weighted by Gasteiger charge is 2.47. The Morgan fingerprint density at radius 3 is 2.30 bits per heavy atom. The molecule has 0 aromatic heterocycles. The van der Waals surface area contributed by atoms with E-state index < -0.39 is 0 Å². The van der Waals surface area contributed by atoms with Crippen molar-refractivity contribution in [1.29, 1.82) is 0 Å². The van der Waals surface area contributed by atoms with Gasteiger partial charge in [-0.15, -0.1) is 0 Å². The molecule has 0 amide bonds. The molecule has 1 unspecified atom stereocenters. The second-order valence-corrected chi connectivity index (χ2v) is 3.63. The summed E-state index contributed by atoms with van der Waals surface area (Å²) in [5.74, 6) is 0. The Bertz CT molecular complexity index is 107. The third-order valence-corrected chi connectivity index (χ3v) is 4.00. The van der Waals surface area contributed by atoms with Crippen LogP contribution >= 0.6 is 31.9 Å². The van der Waals surface area contributed by atoms with Gasteiger partial charge in [0.2, 0.25) is 0 Å². The van der Waals surface area contributed by atoms with E-state index >= 15 is 0 Å². The molecule has 0 aromatic carbocycles. The van der Waals surface area contributed by atoms with Crippen molar-refractivity contribution in [3.63, 3.8) is 0 Å². The first-order valence-corrected chi connectivity index (χ1v) is 5.30. The highest BCUT2D eigenvalue weighted by atomic mass is 79.9. The van der Waals surface area contributed by atoms with E-state index in [1.807, 2.05) is 0 Å². The van der Waals surface area contributed by atoms with Crippen LogP contribution in [-0.2, 0) is 9.47 Å². The Kier molecular flexibility index (Phi) is 3.16. The molecule has 1 fully saturated rings. The summed E-state index contributed by atoms with van der Waals surface area (Å²) >= 11 is 6.87. The summed E-state index contributed by atoms with van der Waals surface area (Å²) in [6.07, 6.45) is -0.0359. The summed E-state index contributed by atoms with van der Waals surface area (Å²) in [6, 6.07) is 0. The Hall–Kier alpha value is 0.880. The van der Waals surface area contributed by atoms with Crippen LogP contribution in [0.2, 0.25) is 0 Å². The third-order valence-electron chi connectivity index (χ3n) is 1.77. The van der Waals surface area contributed by atoms with Crippen LogP contribution in [0, 0.1) is 5.41 Å². The zero-order valence-corrected chi connectivity index (χ0v) is 8.94. The lowest BCUT2D eigenvalue weighted by Crippen LogP contribution is -2.55. The molecule has 0 aromatic rings. The van der Waals surface area contributed by atoms with Crippen molar-refractivity contribution in [3.05, 3.63) is 0 Å². The summed E-state index contributed by atoms with van der Waals surface area (Å²) in [5, 5.41) is 1.84. The molecule has 0 aliphatic carbocycles. The highest BCUT2D eigenvalue weighted by Crippen LogP contribution is 2.38. The highest BCUT2D eigenvalue weighted by molar-refractivity contribution is 9.09. The maximum Gasteiger partial charge on any atom is 0.166 e. The minimum atomic E-state index is -0.0359. The lowest BCUT2D eigenvalue weighted by molar-refractivity contribution is -0.281. The van der Waals surface area contributed by atoms with Crippen LogP contribution in [0.4, 0.5) is 0 Å². The second-order valence-electron chi connectivity index (χ2n) is 2.51. The second kappa shape index (κ2) is 3.52. The summed E-state index contributed by atoms with van der Waals surface area (Å²) in [5.41, 5.74) is 0.161. The first kappa shape index (κ1) is 8.97. The van der Waals surface area contributed by atoms with Gasteiger partial charge in [0.05, 0.1) is 12.0 Å². The van der Waals surface area contributed by atoms with E-state index in [9.17, 15) is 0 Å². The molecule has 0 saturated carbocycles. The van der Waals surface area contributed by atoms with Crippen LogP contribution in [0.5, 0.6) is 0 Å². The summed E-state index contributed by atoms with van der Waals surface area (Å²) in [4.78, 5) is 0. The van der Waals surface area contributed by atoms with E-state index in [4.69, 9.17) is 9.47 Å². The zero-order valence-electron chi connectivity index (χ0n) is 5.77. The smallest absolute Gasteiger partial charge is 0.166 e. The minimum absolute atomic E-state index is 0.0359. The van der Waals surface area contributed by atoms with E-state index in [0.29, 0.717) is 0 Å². The van der Waals surface area contributed by atoms with Crippen molar-refractivity contribution in [2.75, 3.05) is 24.4 Å². The van der Waals surface area contributed by atoms with Crippen molar-refractivity contribution >= 4 is 31.9 Å². The molecule has 1 rings (SSSR count). The molecule has 1 atom stereocenters. The maximum atomic E-state index is 5.20. The SMILES string of the molecule is COC1OCC1(CBr)CBr. The molecule has 1 aliphatic heterocycles. The predicted molar refractivity (Wildman–Crippen MR) is 46.8 cm³/mol. The fourth-order valence-electron chi connectivity index (χ4n) is 0.944. The van der Waals surface area contributed by atoms with Gasteiger partial charge in [-0.3, -0.25) is 0 Å². The lowest BCUT2D eigenvalue weighted by atomic mass is 9.89. The molecule has 0 radical (unpaired) electrons. The van der Waals surface area contributed by atoms with Crippen LogP contribution < -0.4 is 0 Å². The normalized spacial score (nSPS) is 29.7. The van der Waals surface area contributed by atoms with Gasteiger partial charge < -0.3 is 9.47 Å². The van der Waals surface area contributed by atoms with E-state index in [2.05, 4.69) is 31.9 Å². The number of halogens is 2. The van der Waals surface area contributed by atoms with Crippen molar-refractivity contribution in [3.8, 4) is 0 Å². The molecule has 2 nitrogen and oxygen atoms in total. The molecule has 10 heavy (non-hydrogen) atoms. The lowest BCUT2D eigenvalue weighted by Gasteiger charge is -2.45. The monoisotopic (exact) mass is 272 g/mol. The van der Waals surface area contributed by atoms with E-state index in [1.165, 1.54) is 0 Å². The summed E-state index contributed by atoms with van der Waals surface area (Å²) in [7, 11) is 1.67. The number of hydrogen-bond acceptors (Lipinski definition) is 2. The topological polar surface area (TPSA) is 18.5 Å². The van der Waals surface area contributed by atoms with Crippen LogP contribution in [-0.4, -0.2) is 30.7 Å². The van der Waals surface area contributed by atoms with Crippen LogP contribution in [0.3, 0.4) is 0 Å². The van der Waals surface area contributed by atoms with Crippen LogP contribution in [0.15, 0.2) is 0 Å². The molecular formula is C6H10Br2O2. The van der Waals surface area contributed by atoms with Gasteiger partial charge in [0.1, 0.15) is 0 Å². The van der Waals surface area contributed by atoms with Crippen molar-refractivity contribution in [2.24, 2.45) is 5.41 Å². The van der Waals surface area contributed by atoms with E-state index in [1.54, 1.807) is 7.11 Å². The van der Waals surface area contributed by atoms with Gasteiger partial charge in [-0.1, -0.05) is 31.9 Å². The molecular weight excluding hydrogens is 264 g/mol. The number of hydrogen-bond donors (Lipinski definition) is 0. The fourth-order valence-corrected chi connectivity index (χ4v) is 2.72. The summed E-state index contributed by atoms with van der Waals surface area (Å²) < 4.78 is 10.3. The largest absolute Gasteiger partial charge is 0.355 e. The van der Waals surface area contributed by atoms with Crippen molar-refractivity contribution in [1.82, 2.24) is 0 Å². The van der Waals surface area contributed by atoms with Crippen molar-refractivity contribution in [2.45, 2.75) is 6.29 Å². The first-order valence-electron chi connectivity index (χ1n) is 3.05. The Morgan fingerprint density at radius 2 is 2.20 bits per heavy atom. The van der Waals surface area contributed by atoms with E-state index in [0.717, 1.165) is 17.3 Å². The van der Waals surface area contributed by atoms with Gasteiger partial charge in [0.25, 0.3) is 0 Å². The Labute approximate surface area is 77.5 Å². The first-order chi connectivity index (χ1) is 4.79. The molecule has 1 saturated heterocycles. The fraction of sp³-hybridized carbons (Fsp3) is 1.00. The van der Waals surface area contributed by atoms with Gasteiger partial charge in [-0.25, -0.2) is 0 Å². The van der Waals surface area contributed by atoms with Crippen LogP contribution in [0.25, 0.3) is 0 Å². The van der Waals surface area contributed by atoms with Gasteiger partial charge in [0, 0.05) is 17.8 Å². The van der Waals surface area contributed by atoms with Gasteiger partial charge in [-0.05, 0) is 0 Å².